The summed E-state index contributed by atoms with van der Waals surface area (Å²) < 4.78 is 5.80. The number of hydrogen-bond acceptors (Lipinski definition) is 4. The summed E-state index contributed by atoms with van der Waals surface area (Å²) >= 11 is 0. The molecule has 2 aromatic rings. The number of hydrogen-bond donors (Lipinski definition) is 2. The predicted molar refractivity (Wildman–Crippen MR) is 89.0 cm³/mol. The molecule has 1 fully saturated rings. The van der Waals surface area contributed by atoms with Gasteiger partial charge in [0.05, 0.1) is 18.2 Å². The highest BCUT2D eigenvalue weighted by atomic mass is 16.3. The van der Waals surface area contributed by atoms with Crippen molar-refractivity contribution in [1.29, 1.82) is 0 Å². The number of piperidine rings is 1. The van der Waals surface area contributed by atoms with E-state index in [1.54, 1.807) is 0 Å². The van der Waals surface area contributed by atoms with Gasteiger partial charge in [-0.1, -0.05) is 18.2 Å². The molecular formula is C18H24N2O3. The molecule has 1 aromatic heterocycles. The number of aliphatic hydroxyl groups is 1. The summed E-state index contributed by atoms with van der Waals surface area (Å²) in [5.41, 5.74) is 0.829. The number of para-hydroxylation sites is 1. The number of aliphatic hydroxyl groups excluding tert-OH is 1. The molecule has 5 heteroatoms. The number of nitrogens with one attached hydrogen (secondary N) is 1. The second-order valence-electron chi connectivity index (χ2n) is 6.38. The van der Waals surface area contributed by atoms with Crippen molar-refractivity contribution in [2.75, 3.05) is 13.1 Å². The molecule has 5 nitrogen and oxygen atoms in total. The first kappa shape index (κ1) is 16.0. The van der Waals surface area contributed by atoms with Gasteiger partial charge >= 0.3 is 0 Å². The van der Waals surface area contributed by atoms with E-state index in [4.69, 9.17) is 4.42 Å². The summed E-state index contributed by atoms with van der Waals surface area (Å²) in [7, 11) is 0. The van der Waals surface area contributed by atoms with E-state index in [9.17, 15) is 9.90 Å². The number of carbonyl (C=O) groups is 1. The molecule has 1 aliphatic heterocycles. The van der Waals surface area contributed by atoms with Gasteiger partial charge in [-0.15, -0.1) is 0 Å². The zero-order chi connectivity index (χ0) is 16.4. The van der Waals surface area contributed by atoms with Crippen molar-refractivity contribution in [3.05, 3.63) is 36.1 Å². The molecule has 1 aliphatic rings. The van der Waals surface area contributed by atoms with Crippen molar-refractivity contribution in [2.24, 2.45) is 0 Å². The summed E-state index contributed by atoms with van der Waals surface area (Å²) in [6.45, 7) is 5.23. The van der Waals surface area contributed by atoms with E-state index >= 15 is 0 Å². The lowest BCUT2D eigenvalue weighted by Gasteiger charge is -2.34. The van der Waals surface area contributed by atoms with E-state index in [0.29, 0.717) is 6.54 Å². The van der Waals surface area contributed by atoms with E-state index in [1.165, 1.54) is 0 Å². The number of carbonyl (C=O) groups excluding carboxylic acids is 1. The Morgan fingerprint density at radius 1 is 1.39 bits per heavy atom. The van der Waals surface area contributed by atoms with Gasteiger partial charge in [0.1, 0.15) is 11.3 Å². The molecule has 1 aromatic carbocycles. The summed E-state index contributed by atoms with van der Waals surface area (Å²) in [5, 5.41) is 13.8. The second-order valence-corrected chi connectivity index (χ2v) is 6.38. The summed E-state index contributed by atoms with van der Waals surface area (Å²) in [5.74, 6) is 0.720. The second kappa shape index (κ2) is 6.72. The summed E-state index contributed by atoms with van der Waals surface area (Å²) in [4.78, 5) is 14.5. The molecule has 0 radical (unpaired) electrons. The average Bonchev–Trinajstić information content (AvgIpc) is 2.98. The Morgan fingerprint density at radius 3 is 2.91 bits per heavy atom. The van der Waals surface area contributed by atoms with Crippen LogP contribution in [0.4, 0.5) is 0 Å². The van der Waals surface area contributed by atoms with Crippen molar-refractivity contribution in [2.45, 2.75) is 44.9 Å². The van der Waals surface area contributed by atoms with Crippen molar-refractivity contribution < 1.29 is 14.3 Å². The fourth-order valence-corrected chi connectivity index (χ4v) is 3.12. The molecule has 2 heterocycles. The molecule has 0 spiro atoms. The topological polar surface area (TPSA) is 65.7 Å². The van der Waals surface area contributed by atoms with Gasteiger partial charge in [0, 0.05) is 11.9 Å². The van der Waals surface area contributed by atoms with E-state index in [2.05, 4.69) is 5.32 Å². The maximum absolute atomic E-state index is 12.5. The van der Waals surface area contributed by atoms with E-state index < -0.39 is 0 Å². The van der Waals surface area contributed by atoms with Gasteiger partial charge in [0.25, 0.3) is 0 Å². The first-order chi connectivity index (χ1) is 11.0. The maximum Gasteiger partial charge on any atom is 0.237 e. The minimum atomic E-state index is -0.327. The predicted octanol–water partition coefficient (Wildman–Crippen LogP) is 2.46. The van der Waals surface area contributed by atoms with Crippen molar-refractivity contribution in [3.63, 3.8) is 0 Å². The lowest BCUT2D eigenvalue weighted by atomic mass is 10.1. The normalized spacial score (nSPS) is 22.0. The Balaban J connectivity index is 1.64. The lowest BCUT2D eigenvalue weighted by molar-refractivity contribution is -0.127. The van der Waals surface area contributed by atoms with Gasteiger partial charge in [0.15, 0.2) is 0 Å². The van der Waals surface area contributed by atoms with Crippen LogP contribution in [0.3, 0.4) is 0 Å². The van der Waals surface area contributed by atoms with Crippen LogP contribution >= 0.6 is 0 Å². The molecule has 1 amide bonds. The third-order valence-electron chi connectivity index (χ3n) is 4.59. The quantitative estimate of drug-likeness (QED) is 0.909. The van der Waals surface area contributed by atoms with Gasteiger partial charge < -0.3 is 14.8 Å². The molecule has 124 valence electrons. The molecule has 23 heavy (non-hydrogen) atoms. The molecule has 3 rings (SSSR count). The molecule has 2 N–H and O–H groups in total. The highest BCUT2D eigenvalue weighted by Crippen LogP contribution is 2.24. The Hall–Kier alpha value is -1.85. The third-order valence-corrected chi connectivity index (χ3v) is 4.59. The lowest BCUT2D eigenvalue weighted by Crippen LogP contribution is -2.50. The van der Waals surface area contributed by atoms with Crippen LogP contribution in [0, 0.1) is 0 Å². The van der Waals surface area contributed by atoms with Crippen LogP contribution in [0.5, 0.6) is 0 Å². The number of fused-ring (bicyclic) bond motifs is 1. The van der Waals surface area contributed by atoms with Crippen LogP contribution in [0.2, 0.25) is 0 Å². The van der Waals surface area contributed by atoms with Crippen molar-refractivity contribution in [3.8, 4) is 0 Å². The van der Waals surface area contributed by atoms with E-state index in [-0.39, 0.29) is 24.1 Å². The first-order valence-electron chi connectivity index (χ1n) is 8.25. The number of likely N-dealkylation sites (tertiary alicyclic amines) is 1. The fraction of sp³-hybridized carbons (Fsp3) is 0.500. The number of furan rings is 1. The van der Waals surface area contributed by atoms with Gasteiger partial charge in [-0.3, -0.25) is 9.69 Å². The number of nitrogens with zero attached hydrogens (tertiary/aromatic N) is 1. The first-order valence-corrected chi connectivity index (χ1v) is 8.25. The molecule has 0 aliphatic carbocycles. The molecule has 1 saturated heterocycles. The van der Waals surface area contributed by atoms with Crippen LogP contribution in [-0.2, 0) is 4.79 Å². The Bertz CT molecular complexity index is 649. The molecule has 0 saturated carbocycles. The molecular weight excluding hydrogens is 292 g/mol. The molecule has 3 unspecified atom stereocenters. The van der Waals surface area contributed by atoms with Crippen LogP contribution in [0.1, 0.15) is 38.5 Å². The smallest absolute Gasteiger partial charge is 0.237 e. The average molecular weight is 316 g/mol. The number of amides is 1. The summed E-state index contributed by atoms with van der Waals surface area (Å²) in [6.07, 6.45) is 1.42. The fourth-order valence-electron chi connectivity index (χ4n) is 3.12. The zero-order valence-electron chi connectivity index (χ0n) is 13.7. The Kier molecular flexibility index (Phi) is 4.68. The minimum absolute atomic E-state index is 0.0351. The van der Waals surface area contributed by atoms with Gasteiger partial charge in [-0.25, -0.2) is 0 Å². The van der Waals surface area contributed by atoms with Gasteiger partial charge in [0.2, 0.25) is 5.91 Å². The van der Waals surface area contributed by atoms with E-state index in [0.717, 1.165) is 36.1 Å². The van der Waals surface area contributed by atoms with Crippen molar-refractivity contribution in [1.82, 2.24) is 10.2 Å². The highest BCUT2D eigenvalue weighted by molar-refractivity contribution is 5.82. The van der Waals surface area contributed by atoms with Gasteiger partial charge in [-0.2, -0.15) is 0 Å². The number of β-amino-alcohol motifs (C(OH)–C–C–N with tert-alkyl or cyclic N) is 1. The SMILES string of the molecule is CC(NC(=O)C(C)N1CCCC(O)C1)c1cc2ccccc2o1. The number of rotatable bonds is 4. The minimum Gasteiger partial charge on any atom is -0.459 e. The Morgan fingerprint density at radius 2 is 2.17 bits per heavy atom. The Labute approximate surface area is 136 Å². The molecule has 0 bridgehead atoms. The van der Waals surface area contributed by atoms with Crippen LogP contribution < -0.4 is 5.32 Å². The van der Waals surface area contributed by atoms with Crippen molar-refractivity contribution >= 4 is 16.9 Å². The summed E-state index contributed by atoms with van der Waals surface area (Å²) in [6, 6.07) is 9.34. The third kappa shape index (κ3) is 3.57. The largest absolute Gasteiger partial charge is 0.459 e. The zero-order valence-corrected chi connectivity index (χ0v) is 13.7. The molecule has 3 atom stereocenters. The van der Waals surface area contributed by atoms with Crippen LogP contribution in [0.25, 0.3) is 11.0 Å². The standard InChI is InChI=1S/C18H24N2O3/c1-12(17-10-14-6-3-4-8-16(14)23-17)19-18(22)13(2)20-9-5-7-15(21)11-20/h3-4,6,8,10,12-13,15,21H,5,7,9,11H2,1-2H3,(H,19,22). The van der Waals surface area contributed by atoms with Crippen LogP contribution in [-0.4, -0.2) is 41.1 Å². The van der Waals surface area contributed by atoms with Crippen LogP contribution in [0.15, 0.2) is 34.7 Å². The monoisotopic (exact) mass is 316 g/mol. The maximum atomic E-state index is 12.5. The number of benzene rings is 1. The highest BCUT2D eigenvalue weighted by Gasteiger charge is 2.27. The van der Waals surface area contributed by atoms with Gasteiger partial charge in [-0.05, 0) is 45.4 Å². The van der Waals surface area contributed by atoms with E-state index in [1.807, 2.05) is 49.1 Å².